The molecule has 1 saturated heterocycles. The number of aryl methyl sites for hydroxylation is 2. The van der Waals surface area contributed by atoms with Gasteiger partial charge in [-0.3, -0.25) is 4.79 Å². The number of anilines is 1. The van der Waals surface area contributed by atoms with Gasteiger partial charge in [-0.1, -0.05) is 24.3 Å². The smallest absolute Gasteiger partial charge is 0.389 e. The number of nitrogens with zero attached hydrogens (tertiary/aromatic N) is 3. The normalized spacial score (nSPS) is 19.6. The molecule has 0 spiro atoms. The van der Waals surface area contributed by atoms with E-state index in [0.717, 1.165) is 16.7 Å². The second-order valence-electron chi connectivity index (χ2n) is 10.6. The van der Waals surface area contributed by atoms with Gasteiger partial charge in [0.2, 0.25) is 11.8 Å². The molecule has 0 saturated carbocycles. The zero-order valence-corrected chi connectivity index (χ0v) is 24.1. The minimum absolute atomic E-state index is 0.0268. The van der Waals surface area contributed by atoms with E-state index in [2.05, 4.69) is 20.0 Å². The van der Waals surface area contributed by atoms with Crippen LogP contribution in [0.25, 0.3) is 11.3 Å². The number of benzene rings is 2. The Morgan fingerprint density at radius 1 is 1.02 bits per heavy atom. The number of rotatable bonds is 4. The average Bonchev–Trinajstić information content (AvgIpc) is 2.94. The van der Waals surface area contributed by atoms with Crippen molar-refractivity contribution in [1.29, 1.82) is 0 Å². The Hall–Kier alpha value is -3.71. The monoisotopic (exact) mass is 603 g/mol. The van der Waals surface area contributed by atoms with Gasteiger partial charge in [0.15, 0.2) is 0 Å². The first-order valence-electron chi connectivity index (χ1n) is 13.7. The van der Waals surface area contributed by atoms with Crippen LogP contribution in [0, 0.1) is 13.8 Å². The van der Waals surface area contributed by atoms with Gasteiger partial charge in [-0.15, -0.1) is 0 Å². The second-order valence-corrected chi connectivity index (χ2v) is 12.3. The molecule has 1 fully saturated rings. The molecule has 1 amide bonds. The molecular formula is C29H32F3N5O4S. The fourth-order valence-corrected chi connectivity index (χ4v) is 6.53. The van der Waals surface area contributed by atoms with Gasteiger partial charge < -0.3 is 15.0 Å². The summed E-state index contributed by atoms with van der Waals surface area (Å²) in [6, 6.07) is 11.3. The maximum Gasteiger partial charge on any atom is 0.389 e. The van der Waals surface area contributed by atoms with E-state index in [4.69, 9.17) is 4.74 Å². The highest BCUT2D eigenvalue weighted by molar-refractivity contribution is 7.92. The van der Waals surface area contributed by atoms with Gasteiger partial charge in [0.05, 0.1) is 16.6 Å². The summed E-state index contributed by atoms with van der Waals surface area (Å²) in [6.07, 6.45) is -4.89. The van der Waals surface area contributed by atoms with Crippen molar-refractivity contribution >= 4 is 21.9 Å². The van der Waals surface area contributed by atoms with Gasteiger partial charge in [-0.25, -0.2) is 18.1 Å². The average molecular weight is 604 g/mol. The predicted octanol–water partition coefficient (Wildman–Crippen LogP) is 4.86. The number of carbonyl (C=O) groups is 1. The summed E-state index contributed by atoms with van der Waals surface area (Å²) in [5.74, 6) is -0.841. The van der Waals surface area contributed by atoms with Gasteiger partial charge in [0.1, 0.15) is 6.61 Å². The van der Waals surface area contributed by atoms with E-state index in [1.54, 1.807) is 0 Å². The van der Waals surface area contributed by atoms with Crippen LogP contribution in [-0.4, -0.2) is 67.1 Å². The van der Waals surface area contributed by atoms with Crippen molar-refractivity contribution in [3.05, 3.63) is 65.2 Å². The lowest BCUT2D eigenvalue weighted by molar-refractivity contribution is -0.139. The maximum atomic E-state index is 14.0. The highest BCUT2D eigenvalue weighted by Crippen LogP contribution is 2.32. The Bertz CT molecular complexity index is 1560. The molecule has 42 heavy (non-hydrogen) atoms. The zero-order valence-electron chi connectivity index (χ0n) is 23.2. The number of piperidine rings is 1. The molecule has 3 aromatic rings. The van der Waals surface area contributed by atoms with E-state index in [1.807, 2.05) is 32.0 Å². The number of nitrogens with one attached hydrogen (secondary N) is 2. The number of fused-ring (bicyclic) bond motifs is 4. The molecule has 2 N–H and O–H groups in total. The van der Waals surface area contributed by atoms with Crippen molar-refractivity contribution in [3.8, 4) is 17.1 Å². The Morgan fingerprint density at radius 3 is 2.40 bits per heavy atom. The third-order valence-electron chi connectivity index (χ3n) is 7.57. The summed E-state index contributed by atoms with van der Waals surface area (Å²) >= 11 is 0. The van der Waals surface area contributed by atoms with Crippen molar-refractivity contribution in [2.75, 3.05) is 24.4 Å². The quantitative estimate of drug-likeness (QED) is 0.438. The molecule has 1 atom stereocenters. The Kier molecular flexibility index (Phi) is 8.42. The number of aromatic nitrogens is 2. The molecule has 5 rings (SSSR count). The molecule has 0 aliphatic carbocycles. The minimum atomic E-state index is -4.44. The first-order valence-corrected chi connectivity index (χ1v) is 15.2. The fraction of sp³-hybridized carbons (Fsp3) is 0.414. The number of carbonyl (C=O) groups excluding carboxylic acids is 1. The summed E-state index contributed by atoms with van der Waals surface area (Å²) in [6.45, 7) is 4.68. The van der Waals surface area contributed by atoms with E-state index in [0.29, 0.717) is 31.6 Å². The number of hydrogen-bond acceptors (Lipinski definition) is 7. The van der Waals surface area contributed by atoms with Crippen molar-refractivity contribution < 1.29 is 31.1 Å². The molecule has 2 aliphatic rings. The van der Waals surface area contributed by atoms with E-state index in [-0.39, 0.29) is 34.9 Å². The van der Waals surface area contributed by atoms with E-state index < -0.39 is 41.0 Å². The molecule has 1 unspecified atom stereocenters. The van der Waals surface area contributed by atoms with E-state index in [1.165, 1.54) is 35.2 Å². The van der Waals surface area contributed by atoms with Gasteiger partial charge in [0, 0.05) is 29.7 Å². The number of sulfonamides is 1. The fourth-order valence-electron chi connectivity index (χ4n) is 5.54. The van der Waals surface area contributed by atoms with Crippen LogP contribution >= 0.6 is 0 Å². The van der Waals surface area contributed by atoms with Crippen LogP contribution in [0.5, 0.6) is 5.88 Å². The summed E-state index contributed by atoms with van der Waals surface area (Å²) < 4.78 is 75.7. The summed E-state index contributed by atoms with van der Waals surface area (Å²) in [5, 5.41) is 3.21. The Morgan fingerprint density at radius 2 is 1.71 bits per heavy atom. The molecule has 0 radical (unpaired) electrons. The predicted molar refractivity (Wildman–Crippen MR) is 151 cm³/mol. The zero-order chi connectivity index (χ0) is 30.1. The van der Waals surface area contributed by atoms with Crippen molar-refractivity contribution in [3.63, 3.8) is 0 Å². The van der Waals surface area contributed by atoms with E-state index >= 15 is 0 Å². The lowest BCUT2D eigenvalue weighted by atomic mass is 9.98. The van der Waals surface area contributed by atoms with Crippen LogP contribution in [0.4, 0.5) is 19.1 Å². The van der Waals surface area contributed by atoms with Gasteiger partial charge in [-0.05, 0) is 75.5 Å². The molecule has 2 aliphatic heterocycles. The van der Waals surface area contributed by atoms with Crippen LogP contribution in [-0.2, 0) is 10.0 Å². The first kappa shape index (κ1) is 29.8. The lowest BCUT2D eigenvalue weighted by Crippen LogP contribution is -2.53. The first-order chi connectivity index (χ1) is 19.9. The third kappa shape index (κ3) is 6.67. The molecule has 3 heterocycles. The van der Waals surface area contributed by atoms with Crippen molar-refractivity contribution in [2.24, 2.45) is 0 Å². The number of hydrogen-bond donors (Lipinski definition) is 2. The number of amides is 1. The molecular weight excluding hydrogens is 571 g/mol. The van der Waals surface area contributed by atoms with Gasteiger partial charge in [-0.2, -0.15) is 18.2 Å². The molecule has 224 valence electrons. The third-order valence-corrected chi connectivity index (χ3v) is 8.90. The largest absolute Gasteiger partial charge is 0.475 e. The van der Waals surface area contributed by atoms with Crippen LogP contribution in [0.15, 0.2) is 53.4 Å². The Balaban J connectivity index is 1.66. The molecule has 1 aromatic heterocycles. The molecule has 4 bridgehead atoms. The summed E-state index contributed by atoms with van der Waals surface area (Å²) in [4.78, 5) is 24.0. The second kappa shape index (κ2) is 11.9. The van der Waals surface area contributed by atoms with Crippen LogP contribution < -0.4 is 14.8 Å². The molecule has 2 aromatic carbocycles. The molecule has 9 nitrogen and oxygen atoms in total. The minimum Gasteiger partial charge on any atom is -0.475 e. The molecule has 13 heteroatoms. The van der Waals surface area contributed by atoms with Crippen molar-refractivity contribution in [1.82, 2.24) is 20.2 Å². The summed E-state index contributed by atoms with van der Waals surface area (Å²) in [7, 11) is -4.25. The number of alkyl halides is 3. The highest BCUT2D eigenvalue weighted by Gasteiger charge is 2.37. The van der Waals surface area contributed by atoms with Gasteiger partial charge in [0.25, 0.3) is 15.9 Å². The number of halogens is 3. The Labute approximate surface area is 242 Å². The van der Waals surface area contributed by atoms with Gasteiger partial charge >= 0.3 is 6.18 Å². The topological polar surface area (TPSA) is 114 Å². The highest BCUT2D eigenvalue weighted by atomic mass is 32.2. The SMILES string of the molecule is Cc1cccc(C)c1-c1cc2nc(n1)NS(=O)(=O)c1cccc(c1)C(=O)N(C1CCNCC1)C(CCC(F)(F)F)CO2. The standard InChI is InChI=1S/C29H32F3N5O4S/c1-18-5-3-6-19(2)26(18)24-16-25-35-28(34-24)36-42(39,40)23-8-4-7-20(15-23)27(38)37(21-10-13-33-14-11-21)22(17-41-25)9-12-29(30,31)32/h3-8,15-16,21-22,33H,9-14,17H2,1-2H3,(H,34,35,36). The lowest BCUT2D eigenvalue weighted by Gasteiger charge is -2.40. The maximum absolute atomic E-state index is 14.0. The summed E-state index contributed by atoms with van der Waals surface area (Å²) in [5.41, 5.74) is 2.94. The van der Waals surface area contributed by atoms with Crippen LogP contribution in [0.3, 0.4) is 0 Å². The number of ether oxygens (including phenoxy) is 1. The van der Waals surface area contributed by atoms with E-state index in [9.17, 15) is 26.4 Å². The van der Waals surface area contributed by atoms with Crippen molar-refractivity contribution in [2.45, 2.75) is 62.7 Å². The van der Waals surface area contributed by atoms with Crippen LogP contribution in [0.1, 0.15) is 47.2 Å². The van der Waals surface area contributed by atoms with Crippen LogP contribution in [0.2, 0.25) is 0 Å².